The summed E-state index contributed by atoms with van der Waals surface area (Å²) in [5.74, 6) is -1.26. The molecule has 0 saturated heterocycles. The highest BCUT2D eigenvalue weighted by Gasteiger charge is 2.10. The van der Waals surface area contributed by atoms with E-state index < -0.39 is 17.5 Å². The lowest BCUT2D eigenvalue weighted by molar-refractivity contribution is -0.118. The molecule has 0 saturated carbocycles. The summed E-state index contributed by atoms with van der Waals surface area (Å²) in [6, 6.07) is 10.2. The summed E-state index contributed by atoms with van der Waals surface area (Å²) in [4.78, 5) is 11.7. The third-order valence-electron chi connectivity index (χ3n) is 2.91. The Kier molecular flexibility index (Phi) is 4.87. The van der Waals surface area contributed by atoms with Crippen LogP contribution >= 0.6 is 0 Å². The number of anilines is 1. The highest BCUT2D eigenvalue weighted by molar-refractivity contribution is 5.92. The summed E-state index contributed by atoms with van der Waals surface area (Å²) in [7, 11) is 0. The van der Waals surface area contributed by atoms with Crippen molar-refractivity contribution in [1.82, 2.24) is 0 Å². The molecule has 2 aromatic rings. The van der Waals surface area contributed by atoms with Crippen molar-refractivity contribution in [1.29, 1.82) is 0 Å². The molecule has 3 nitrogen and oxygen atoms in total. The summed E-state index contributed by atoms with van der Waals surface area (Å²) in [5, 5.41) is 2.28. The van der Waals surface area contributed by atoms with Crippen molar-refractivity contribution in [2.24, 2.45) is 0 Å². The van der Waals surface area contributed by atoms with Gasteiger partial charge in [0.1, 0.15) is 17.4 Å². The van der Waals surface area contributed by atoms with E-state index in [1.54, 1.807) is 12.1 Å². The van der Waals surface area contributed by atoms with Gasteiger partial charge in [-0.3, -0.25) is 4.79 Å². The lowest BCUT2D eigenvalue weighted by atomic mass is 10.1. The first-order valence-corrected chi connectivity index (χ1v) is 6.55. The van der Waals surface area contributed by atoms with Gasteiger partial charge in [0.05, 0.1) is 5.69 Å². The Bertz CT molecular complexity index is 644. The SMILES string of the molecule is CCc1ccccc1OCC(=O)Nc1cc(F)ccc1F. The minimum Gasteiger partial charge on any atom is -0.483 e. The molecule has 0 aliphatic carbocycles. The van der Waals surface area contributed by atoms with Crippen molar-refractivity contribution in [2.45, 2.75) is 13.3 Å². The topological polar surface area (TPSA) is 38.3 Å². The summed E-state index contributed by atoms with van der Waals surface area (Å²) in [6.45, 7) is 1.71. The lowest BCUT2D eigenvalue weighted by Crippen LogP contribution is -2.21. The van der Waals surface area contributed by atoms with E-state index in [4.69, 9.17) is 4.74 Å². The molecule has 2 rings (SSSR count). The molecular formula is C16H15F2NO2. The molecular weight excluding hydrogens is 276 g/mol. The molecule has 0 radical (unpaired) electrons. The van der Waals surface area contributed by atoms with E-state index in [0.717, 1.165) is 30.2 Å². The molecule has 21 heavy (non-hydrogen) atoms. The molecule has 0 aromatic heterocycles. The third kappa shape index (κ3) is 4.02. The van der Waals surface area contributed by atoms with Crippen LogP contribution in [0.25, 0.3) is 0 Å². The number of benzene rings is 2. The number of nitrogens with one attached hydrogen (secondary N) is 1. The zero-order valence-corrected chi connectivity index (χ0v) is 11.5. The minimum atomic E-state index is -0.696. The maximum Gasteiger partial charge on any atom is 0.262 e. The Hall–Kier alpha value is -2.43. The van der Waals surface area contributed by atoms with Gasteiger partial charge in [-0.2, -0.15) is 0 Å². The van der Waals surface area contributed by atoms with Gasteiger partial charge >= 0.3 is 0 Å². The number of halogens is 2. The number of ether oxygens (including phenoxy) is 1. The molecule has 0 spiro atoms. The second-order valence-corrected chi connectivity index (χ2v) is 4.42. The molecule has 0 atom stereocenters. The molecule has 0 heterocycles. The van der Waals surface area contributed by atoms with E-state index in [1.165, 1.54) is 0 Å². The molecule has 0 bridgehead atoms. The second-order valence-electron chi connectivity index (χ2n) is 4.42. The van der Waals surface area contributed by atoms with Gasteiger partial charge in [0.2, 0.25) is 0 Å². The number of para-hydroxylation sites is 1. The second kappa shape index (κ2) is 6.83. The summed E-state index contributed by atoms with van der Waals surface area (Å²) >= 11 is 0. The maximum absolute atomic E-state index is 13.4. The van der Waals surface area contributed by atoms with Gasteiger partial charge in [-0.15, -0.1) is 0 Å². The normalized spacial score (nSPS) is 10.2. The summed E-state index contributed by atoms with van der Waals surface area (Å²) < 4.78 is 31.8. The maximum atomic E-state index is 13.4. The van der Waals surface area contributed by atoms with Crippen LogP contribution in [0.2, 0.25) is 0 Å². The van der Waals surface area contributed by atoms with Gasteiger partial charge < -0.3 is 10.1 Å². The van der Waals surface area contributed by atoms with Gasteiger partial charge in [0, 0.05) is 6.07 Å². The van der Waals surface area contributed by atoms with E-state index >= 15 is 0 Å². The smallest absolute Gasteiger partial charge is 0.262 e. The van der Waals surface area contributed by atoms with E-state index in [0.29, 0.717) is 5.75 Å². The average Bonchev–Trinajstić information content (AvgIpc) is 2.49. The molecule has 5 heteroatoms. The molecule has 0 aliphatic rings. The number of rotatable bonds is 5. The largest absolute Gasteiger partial charge is 0.483 e. The van der Waals surface area contributed by atoms with Crippen molar-refractivity contribution in [3.63, 3.8) is 0 Å². The number of hydrogen-bond donors (Lipinski definition) is 1. The number of amides is 1. The molecule has 110 valence electrons. The Labute approximate surface area is 121 Å². The Balaban J connectivity index is 1.97. The van der Waals surface area contributed by atoms with Crippen molar-refractivity contribution in [2.75, 3.05) is 11.9 Å². The number of aryl methyl sites for hydroxylation is 1. The predicted octanol–water partition coefficient (Wildman–Crippen LogP) is 3.54. The van der Waals surface area contributed by atoms with Gasteiger partial charge in [-0.1, -0.05) is 25.1 Å². The summed E-state index contributed by atoms with van der Waals surface area (Å²) in [5.41, 5.74) is 0.773. The standard InChI is InChI=1S/C16H15F2NO2/c1-2-11-5-3-4-6-15(11)21-10-16(20)19-14-9-12(17)7-8-13(14)18/h3-9H,2,10H2,1H3,(H,19,20). The molecule has 0 aliphatic heterocycles. The first kappa shape index (κ1) is 15.0. The van der Waals surface area contributed by atoms with Gasteiger partial charge in [-0.25, -0.2) is 8.78 Å². The van der Waals surface area contributed by atoms with E-state index in [1.807, 2.05) is 19.1 Å². The zero-order chi connectivity index (χ0) is 15.2. The lowest BCUT2D eigenvalue weighted by Gasteiger charge is -2.11. The monoisotopic (exact) mass is 291 g/mol. The predicted molar refractivity (Wildman–Crippen MR) is 76.3 cm³/mol. The molecule has 2 aromatic carbocycles. The van der Waals surface area contributed by atoms with E-state index in [9.17, 15) is 13.6 Å². The van der Waals surface area contributed by atoms with Crippen molar-refractivity contribution in [3.05, 3.63) is 59.7 Å². The van der Waals surface area contributed by atoms with Gasteiger partial charge in [0.25, 0.3) is 5.91 Å². The van der Waals surface area contributed by atoms with Crippen LogP contribution in [0.15, 0.2) is 42.5 Å². The zero-order valence-electron chi connectivity index (χ0n) is 11.5. The number of hydrogen-bond acceptors (Lipinski definition) is 2. The fourth-order valence-electron chi connectivity index (χ4n) is 1.86. The quantitative estimate of drug-likeness (QED) is 0.915. The molecule has 1 N–H and O–H groups in total. The fourth-order valence-corrected chi connectivity index (χ4v) is 1.86. The van der Waals surface area contributed by atoms with E-state index in [2.05, 4.69) is 5.32 Å². The Morgan fingerprint density at radius 1 is 1.19 bits per heavy atom. The molecule has 0 unspecified atom stereocenters. The van der Waals surface area contributed by atoms with Gasteiger partial charge in [0.15, 0.2) is 6.61 Å². The van der Waals surface area contributed by atoms with Gasteiger partial charge in [-0.05, 0) is 30.2 Å². The summed E-state index contributed by atoms with van der Waals surface area (Å²) in [6.07, 6.45) is 0.774. The first-order valence-electron chi connectivity index (χ1n) is 6.55. The number of carbonyl (C=O) groups excluding carboxylic acids is 1. The Morgan fingerprint density at radius 3 is 2.71 bits per heavy atom. The van der Waals surface area contributed by atoms with Crippen LogP contribution in [-0.4, -0.2) is 12.5 Å². The molecule has 1 amide bonds. The Morgan fingerprint density at radius 2 is 1.95 bits per heavy atom. The van der Waals surface area contributed by atoms with Crippen molar-refractivity contribution >= 4 is 11.6 Å². The molecule has 0 fully saturated rings. The minimum absolute atomic E-state index is 0.202. The number of carbonyl (C=O) groups is 1. The van der Waals surface area contributed by atoms with Crippen LogP contribution in [-0.2, 0) is 11.2 Å². The third-order valence-corrected chi connectivity index (χ3v) is 2.91. The van der Waals surface area contributed by atoms with E-state index in [-0.39, 0.29) is 12.3 Å². The van der Waals surface area contributed by atoms with Crippen LogP contribution in [0.4, 0.5) is 14.5 Å². The van der Waals surface area contributed by atoms with Crippen LogP contribution in [0, 0.1) is 11.6 Å². The van der Waals surface area contributed by atoms with Crippen LogP contribution in [0.3, 0.4) is 0 Å². The highest BCUT2D eigenvalue weighted by atomic mass is 19.1. The average molecular weight is 291 g/mol. The highest BCUT2D eigenvalue weighted by Crippen LogP contribution is 2.19. The van der Waals surface area contributed by atoms with Crippen LogP contribution in [0.5, 0.6) is 5.75 Å². The van der Waals surface area contributed by atoms with Crippen molar-refractivity contribution < 1.29 is 18.3 Å². The first-order chi connectivity index (χ1) is 10.1. The van der Waals surface area contributed by atoms with Crippen LogP contribution < -0.4 is 10.1 Å². The van der Waals surface area contributed by atoms with Crippen LogP contribution in [0.1, 0.15) is 12.5 Å². The van der Waals surface area contributed by atoms with Crippen molar-refractivity contribution in [3.8, 4) is 5.75 Å². The fraction of sp³-hybridized carbons (Fsp3) is 0.188.